The maximum atomic E-state index is 11.1. The lowest BCUT2D eigenvalue weighted by atomic mass is 10.1. The van der Waals surface area contributed by atoms with E-state index in [4.69, 9.17) is 27.9 Å². The smallest absolute Gasteiger partial charge is 0.343 e. The first-order chi connectivity index (χ1) is 6.06. The van der Waals surface area contributed by atoms with Crippen molar-refractivity contribution in [1.82, 2.24) is 0 Å². The van der Waals surface area contributed by atoms with Gasteiger partial charge in [0.2, 0.25) is 4.33 Å². The zero-order chi connectivity index (χ0) is 9.90. The first-order valence-electron chi connectivity index (χ1n) is 4.65. The molecule has 1 unspecified atom stereocenters. The van der Waals surface area contributed by atoms with Gasteiger partial charge in [0.15, 0.2) is 0 Å². The number of esters is 1. The van der Waals surface area contributed by atoms with Crippen molar-refractivity contribution in [2.75, 3.05) is 0 Å². The Hall–Kier alpha value is 0.0500. The molecule has 1 rings (SSSR count). The lowest BCUT2D eigenvalue weighted by Crippen LogP contribution is -2.18. The summed E-state index contributed by atoms with van der Waals surface area (Å²) >= 11 is 11.4. The second kappa shape index (κ2) is 4.52. The Morgan fingerprint density at radius 3 is 2.69 bits per heavy atom. The van der Waals surface area contributed by atoms with Crippen molar-refractivity contribution in [3.8, 4) is 0 Å². The van der Waals surface area contributed by atoms with E-state index in [2.05, 4.69) is 6.92 Å². The number of ether oxygens (including phenoxy) is 1. The minimum atomic E-state index is -1.29. The van der Waals surface area contributed by atoms with E-state index in [1.807, 2.05) is 0 Å². The van der Waals surface area contributed by atoms with Crippen LogP contribution in [0.2, 0.25) is 0 Å². The van der Waals surface area contributed by atoms with E-state index in [-0.39, 0.29) is 6.10 Å². The molecule has 1 aliphatic heterocycles. The van der Waals surface area contributed by atoms with Gasteiger partial charge in [-0.1, -0.05) is 43.0 Å². The van der Waals surface area contributed by atoms with Crippen LogP contribution in [0.4, 0.5) is 0 Å². The first-order valence-corrected chi connectivity index (χ1v) is 5.41. The molecule has 0 spiro atoms. The van der Waals surface area contributed by atoms with Crippen LogP contribution in [-0.4, -0.2) is 16.4 Å². The van der Waals surface area contributed by atoms with Crippen LogP contribution in [0.1, 0.15) is 39.0 Å². The number of hydrogen-bond donors (Lipinski definition) is 0. The van der Waals surface area contributed by atoms with E-state index < -0.39 is 10.3 Å². The molecule has 2 nitrogen and oxygen atoms in total. The van der Waals surface area contributed by atoms with Crippen molar-refractivity contribution in [3.63, 3.8) is 0 Å². The summed E-state index contributed by atoms with van der Waals surface area (Å²) in [5.41, 5.74) is 0. The van der Waals surface area contributed by atoms with Crippen molar-refractivity contribution in [1.29, 1.82) is 0 Å². The molecule has 76 valence electrons. The zero-order valence-electron chi connectivity index (χ0n) is 7.69. The normalized spacial score (nSPS) is 26.1. The van der Waals surface area contributed by atoms with Gasteiger partial charge in [-0.3, -0.25) is 0 Å². The summed E-state index contributed by atoms with van der Waals surface area (Å²) in [6.07, 6.45) is 4.62. The zero-order valence-corrected chi connectivity index (χ0v) is 9.20. The van der Waals surface area contributed by atoms with Gasteiger partial charge in [-0.2, -0.15) is 0 Å². The van der Waals surface area contributed by atoms with Gasteiger partial charge >= 0.3 is 5.97 Å². The molecule has 13 heavy (non-hydrogen) atoms. The van der Waals surface area contributed by atoms with E-state index in [1.165, 1.54) is 0 Å². The Balaban J connectivity index is 2.28. The number of carbonyl (C=O) groups excluding carboxylic acids is 1. The summed E-state index contributed by atoms with van der Waals surface area (Å²) in [5.74, 6) is -0.489. The number of carbonyl (C=O) groups is 1. The van der Waals surface area contributed by atoms with Gasteiger partial charge in [0.25, 0.3) is 0 Å². The van der Waals surface area contributed by atoms with Gasteiger partial charge in [-0.25, -0.2) is 4.79 Å². The highest BCUT2D eigenvalue weighted by atomic mass is 35.5. The topological polar surface area (TPSA) is 26.3 Å². The fourth-order valence-corrected chi connectivity index (χ4v) is 1.86. The van der Waals surface area contributed by atoms with Crippen LogP contribution in [0.5, 0.6) is 0 Å². The Morgan fingerprint density at radius 2 is 2.23 bits per heavy atom. The van der Waals surface area contributed by atoms with E-state index in [1.54, 1.807) is 0 Å². The third-order valence-electron chi connectivity index (χ3n) is 2.19. The number of unbranched alkanes of at least 4 members (excludes halogenated alkanes) is 2. The number of halogens is 2. The Morgan fingerprint density at radius 1 is 1.54 bits per heavy atom. The predicted molar refractivity (Wildman–Crippen MR) is 53.1 cm³/mol. The Kier molecular flexibility index (Phi) is 3.87. The molecule has 0 aromatic rings. The lowest BCUT2D eigenvalue weighted by Gasteiger charge is -2.07. The fourth-order valence-electron chi connectivity index (χ4n) is 1.43. The predicted octanol–water partition coefficient (Wildman–Crippen LogP) is 3.06. The SMILES string of the molecule is CCCCCC1CC(Cl)(Cl)C(=O)O1. The van der Waals surface area contributed by atoms with Crippen LogP contribution < -0.4 is 0 Å². The fraction of sp³-hybridized carbons (Fsp3) is 0.889. The van der Waals surface area contributed by atoms with Gasteiger partial charge < -0.3 is 4.74 Å². The van der Waals surface area contributed by atoms with E-state index in [9.17, 15) is 4.79 Å². The molecule has 0 amide bonds. The van der Waals surface area contributed by atoms with E-state index >= 15 is 0 Å². The van der Waals surface area contributed by atoms with Crippen LogP contribution in [0.3, 0.4) is 0 Å². The van der Waals surface area contributed by atoms with Crippen LogP contribution in [0, 0.1) is 0 Å². The standard InChI is InChI=1S/C9H14Cl2O2/c1-2-3-4-5-7-6-9(10,11)8(12)13-7/h7H,2-6H2,1H3. The number of rotatable bonds is 4. The monoisotopic (exact) mass is 224 g/mol. The van der Waals surface area contributed by atoms with Gasteiger partial charge in [-0.15, -0.1) is 0 Å². The first kappa shape index (κ1) is 11.1. The van der Waals surface area contributed by atoms with Crippen LogP contribution >= 0.6 is 23.2 Å². The third kappa shape index (κ3) is 3.03. The maximum absolute atomic E-state index is 11.1. The lowest BCUT2D eigenvalue weighted by molar-refractivity contribution is -0.142. The van der Waals surface area contributed by atoms with Crippen LogP contribution in [0.15, 0.2) is 0 Å². The highest BCUT2D eigenvalue weighted by molar-refractivity contribution is 6.57. The molecular formula is C9H14Cl2O2. The molecule has 0 aliphatic carbocycles. The van der Waals surface area contributed by atoms with Crippen molar-refractivity contribution < 1.29 is 9.53 Å². The molecule has 0 bridgehead atoms. The van der Waals surface area contributed by atoms with Crippen molar-refractivity contribution in [2.45, 2.75) is 49.5 Å². The molecule has 1 heterocycles. The second-order valence-corrected chi connectivity index (χ2v) is 4.92. The summed E-state index contributed by atoms with van der Waals surface area (Å²) in [4.78, 5) is 11.1. The minimum absolute atomic E-state index is 0.0750. The molecule has 0 N–H and O–H groups in total. The molecule has 4 heteroatoms. The van der Waals surface area contributed by atoms with Crippen molar-refractivity contribution >= 4 is 29.2 Å². The van der Waals surface area contributed by atoms with E-state index in [0.29, 0.717) is 6.42 Å². The Labute approximate surface area is 88.5 Å². The number of alkyl halides is 2. The molecule has 0 aromatic carbocycles. The molecule has 0 saturated carbocycles. The van der Waals surface area contributed by atoms with E-state index in [0.717, 1.165) is 25.7 Å². The number of cyclic esters (lactones) is 1. The highest BCUT2D eigenvalue weighted by Crippen LogP contribution is 2.37. The maximum Gasteiger partial charge on any atom is 0.343 e. The average molecular weight is 225 g/mol. The number of hydrogen-bond acceptors (Lipinski definition) is 2. The van der Waals surface area contributed by atoms with Crippen molar-refractivity contribution in [2.24, 2.45) is 0 Å². The van der Waals surface area contributed by atoms with Gasteiger partial charge in [0, 0.05) is 6.42 Å². The van der Waals surface area contributed by atoms with Gasteiger partial charge in [-0.05, 0) is 12.8 Å². The molecule has 0 radical (unpaired) electrons. The van der Waals surface area contributed by atoms with Crippen LogP contribution in [0.25, 0.3) is 0 Å². The molecular weight excluding hydrogens is 211 g/mol. The molecule has 1 saturated heterocycles. The minimum Gasteiger partial charge on any atom is -0.460 e. The summed E-state index contributed by atoms with van der Waals surface area (Å²) in [6.45, 7) is 2.13. The second-order valence-electron chi connectivity index (χ2n) is 3.43. The molecule has 0 aromatic heterocycles. The highest BCUT2D eigenvalue weighted by Gasteiger charge is 2.45. The quantitative estimate of drug-likeness (QED) is 0.417. The van der Waals surface area contributed by atoms with Gasteiger partial charge in [0.05, 0.1) is 0 Å². The third-order valence-corrected chi connectivity index (χ3v) is 2.80. The summed E-state index contributed by atoms with van der Waals surface area (Å²) in [7, 11) is 0. The average Bonchev–Trinajstić information content (AvgIpc) is 2.27. The van der Waals surface area contributed by atoms with Gasteiger partial charge in [0.1, 0.15) is 6.10 Å². The van der Waals surface area contributed by atoms with Crippen LogP contribution in [-0.2, 0) is 9.53 Å². The molecule has 1 atom stereocenters. The summed E-state index contributed by atoms with van der Waals surface area (Å²) in [6, 6.07) is 0. The largest absolute Gasteiger partial charge is 0.460 e. The molecule has 1 fully saturated rings. The van der Waals surface area contributed by atoms with Crippen molar-refractivity contribution in [3.05, 3.63) is 0 Å². The summed E-state index contributed by atoms with van der Waals surface area (Å²) < 4.78 is 3.73. The Bertz CT molecular complexity index is 192. The summed E-state index contributed by atoms with van der Waals surface area (Å²) in [5, 5.41) is 0. The molecule has 1 aliphatic rings.